The summed E-state index contributed by atoms with van der Waals surface area (Å²) >= 11 is 0. The lowest BCUT2D eigenvalue weighted by atomic mass is 9.54. The summed E-state index contributed by atoms with van der Waals surface area (Å²) in [6, 6.07) is 6.65. The molecule has 1 saturated carbocycles. The highest BCUT2D eigenvalue weighted by Gasteiger charge is 2.74. The fourth-order valence-corrected chi connectivity index (χ4v) is 14.1. The van der Waals surface area contributed by atoms with Gasteiger partial charge in [-0.05, 0) is 77.0 Å². The highest BCUT2D eigenvalue weighted by Crippen LogP contribution is 2.59. The topological polar surface area (TPSA) is 355 Å². The van der Waals surface area contributed by atoms with Crippen molar-refractivity contribution in [3.05, 3.63) is 109 Å². The molecule has 8 rings (SSSR count). The summed E-state index contributed by atoms with van der Waals surface area (Å²) in [4.78, 5) is 133. The monoisotopic (exact) mass is 1130 g/mol. The number of rotatable bonds is 23. The van der Waals surface area contributed by atoms with E-state index in [-0.39, 0.29) is 36.7 Å². The summed E-state index contributed by atoms with van der Waals surface area (Å²) in [7, 11) is 3.18. The van der Waals surface area contributed by atoms with Crippen LogP contribution in [0.4, 0.5) is 0 Å². The van der Waals surface area contributed by atoms with Gasteiger partial charge in [0.2, 0.25) is 17.7 Å². The first kappa shape index (κ1) is 60.3. The summed E-state index contributed by atoms with van der Waals surface area (Å²) in [6.07, 6.45) is 6.26. The lowest BCUT2D eigenvalue weighted by Gasteiger charge is -2.64. The van der Waals surface area contributed by atoms with Crippen LogP contribution in [0.3, 0.4) is 0 Å². The van der Waals surface area contributed by atoms with Gasteiger partial charge in [-0.15, -0.1) is 0 Å². The Balaban J connectivity index is 0.988. The summed E-state index contributed by atoms with van der Waals surface area (Å²) in [6.45, 7) is 3.03. The van der Waals surface area contributed by atoms with Crippen molar-refractivity contribution in [2.75, 3.05) is 46.8 Å². The zero-order valence-corrected chi connectivity index (χ0v) is 45.8. The third-order valence-electron chi connectivity index (χ3n) is 17.5. The SMILES string of the molecule is C=CC=N/C(=C\C)[C@H]1N(C)[C@@H](c2ccccn2)C2(C=O)CN([C@@H](CCC(=O)NC3CCCCC3NC(=O)CC[C@@H](C(=O)O)N3CC4(C(=O)O)CN(C)[C@H](c5ccccn5)C(C(=O)O)(C3)[C@H]4Oc3ccccn3)C(=O)O)CC1(C(=O)O)[C@H]2O. The Morgan fingerprint density at radius 1 is 0.720 bits per heavy atom. The van der Waals surface area contributed by atoms with Gasteiger partial charge in [-0.25, -0.2) is 4.98 Å². The molecule has 2 amide bonds. The second-order valence-electron chi connectivity index (χ2n) is 22.2. The van der Waals surface area contributed by atoms with E-state index in [1.807, 2.05) is 0 Å². The number of amides is 2. The number of allylic oxidation sites excluding steroid dienone is 2. The number of carbonyl (C=O) groups excluding carboxylic acids is 3. The molecule has 3 aromatic heterocycles. The number of nitrogens with one attached hydrogen (secondary N) is 2. The molecule has 8 N–H and O–H groups in total. The van der Waals surface area contributed by atoms with Gasteiger partial charge in [0, 0.05) is 88.5 Å². The van der Waals surface area contributed by atoms with Crippen LogP contribution in [0.2, 0.25) is 0 Å². The van der Waals surface area contributed by atoms with Gasteiger partial charge in [0.15, 0.2) is 0 Å². The number of likely N-dealkylation sites (N-methyl/N-ethyl adjacent to an activating group) is 1. The molecular formula is C57H70N10O15. The van der Waals surface area contributed by atoms with E-state index < -0.39 is 157 Å². The number of carboxylic acids is 5. The van der Waals surface area contributed by atoms with E-state index in [0.717, 1.165) is 0 Å². The van der Waals surface area contributed by atoms with Gasteiger partial charge in [0.25, 0.3) is 0 Å². The number of piperidine rings is 4. The molecule has 3 aromatic rings. The van der Waals surface area contributed by atoms with Crippen molar-refractivity contribution in [1.82, 2.24) is 45.2 Å². The highest BCUT2D eigenvalue weighted by molar-refractivity contribution is 5.86. The van der Waals surface area contributed by atoms with Crippen LogP contribution in [-0.4, -0.2) is 209 Å². The Kier molecular flexibility index (Phi) is 18.2. The van der Waals surface area contributed by atoms with Crippen molar-refractivity contribution in [2.24, 2.45) is 26.7 Å². The quantitative estimate of drug-likeness (QED) is 0.0497. The van der Waals surface area contributed by atoms with Gasteiger partial charge in [-0.1, -0.05) is 49.8 Å². The molecule has 5 fully saturated rings. The zero-order valence-electron chi connectivity index (χ0n) is 45.8. The molecule has 4 aliphatic heterocycles. The average Bonchev–Trinajstić information content (AvgIpc) is 3.47. The fourth-order valence-electron chi connectivity index (χ4n) is 14.1. The predicted molar refractivity (Wildman–Crippen MR) is 291 cm³/mol. The third kappa shape index (κ3) is 10.9. The highest BCUT2D eigenvalue weighted by atomic mass is 16.5. The van der Waals surface area contributed by atoms with Gasteiger partial charge in [0.05, 0.1) is 46.7 Å². The Morgan fingerprint density at radius 2 is 1.24 bits per heavy atom. The minimum atomic E-state index is -2.25. The van der Waals surface area contributed by atoms with Gasteiger partial charge >= 0.3 is 29.8 Å². The molecule has 0 spiro atoms. The van der Waals surface area contributed by atoms with E-state index in [0.29, 0.717) is 37.7 Å². The number of aliphatic hydroxyl groups is 1. The molecular weight excluding hydrogens is 1060 g/mol. The normalized spacial score (nSPS) is 31.4. The maximum Gasteiger partial charge on any atom is 0.320 e. The van der Waals surface area contributed by atoms with Crippen LogP contribution in [0.1, 0.15) is 81.8 Å². The van der Waals surface area contributed by atoms with Crippen molar-refractivity contribution < 1.29 is 73.7 Å². The first-order chi connectivity index (χ1) is 39.2. The summed E-state index contributed by atoms with van der Waals surface area (Å²) in [5, 5.41) is 73.7. The minimum Gasteiger partial charge on any atom is -0.481 e. The van der Waals surface area contributed by atoms with E-state index in [1.54, 1.807) is 85.4 Å². The molecule has 5 aliphatic rings. The number of ether oxygens (including phenoxy) is 1. The fraction of sp³-hybridized carbons (Fsp3) is 0.509. The van der Waals surface area contributed by atoms with E-state index >= 15 is 0 Å². The van der Waals surface area contributed by atoms with Crippen molar-refractivity contribution in [3.8, 4) is 5.88 Å². The maximum absolute atomic E-state index is 14.0. The largest absolute Gasteiger partial charge is 0.481 e. The van der Waals surface area contributed by atoms with E-state index in [9.17, 15) is 69.0 Å². The van der Waals surface area contributed by atoms with Crippen LogP contribution >= 0.6 is 0 Å². The van der Waals surface area contributed by atoms with Gasteiger partial charge in [-0.3, -0.25) is 68.1 Å². The molecule has 25 heteroatoms. The molecule has 4 bridgehead atoms. The molecule has 4 saturated heterocycles. The Morgan fingerprint density at radius 3 is 1.71 bits per heavy atom. The van der Waals surface area contributed by atoms with E-state index in [4.69, 9.17) is 4.74 Å². The molecule has 7 heterocycles. The number of pyridine rings is 3. The van der Waals surface area contributed by atoms with Crippen molar-refractivity contribution in [3.63, 3.8) is 0 Å². The van der Waals surface area contributed by atoms with Gasteiger partial charge in [-0.2, -0.15) is 0 Å². The number of aliphatic hydroxyl groups excluding tert-OH is 1. The van der Waals surface area contributed by atoms with Crippen LogP contribution in [-0.2, 0) is 38.4 Å². The molecule has 6 unspecified atom stereocenters. The molecule has 25 nitrogen and oxygen atoms in total. The molecule has 0 aromatic carbocycles. The molecule has 1 aliphatic carbocycles. The number of hydrogen-bond donors (Lipinski definition) is 8. The summed E-state index contributed by atoms with van der Waals surface area (Å²) < 4.78 is 6.33. The number of aliphatic imine (C=N–C) groups is 1. The number of likely N-dealkylation sites (tertiary alicyclic amines) is 4. The molecule has 0 radical (unpaired) electrons. The van der Waals surface area contributed by atoms with Crippen LogP contribution in [0.15, 0.2) is 103 Å². The van der Waals surface area contributed by atoms with Crippen molar-refractivity contribution in [1.29, 1.82) is 0 Å². The second kappa shape index (κ2) is 24.7. The van der Waals surface area contributed by atoms with Gasteiger partial charge < -0.3 is 50.8 Å². The lowest BCUT2D eigenvalue weighted by molar-refractivity contribution is -0.232. The van der Waals surface area contributed by atoms with Crippen LogP contribution in [0.25, 0.3) is 0 Å². The number of aromatic nitrogens is 3. The lowest BCUT2D eigenvalue weighted by Crippen LogP contribution is -2.79. The minimum absolute atomic E-state index is 0.0351. The summed E-state index contributed by atoms with van der Waals surface area (Å²) in [5.74, 6) is -8.47. The van der Waals surface area contributed by atoms with E-state index in [1.165, 1.54) is 46.7 Å². The predicted octanol–water partition coefficient (Wildman–Crippen LogP) is 1.92. The second-order valence-corrected chi connectivity index (χ2v) is 22.2. The first-order valence-electron chi connectivity index (χ1n) is 27.2. The maximum atomic E-state index is 14.0. The first-order valence-corrected chi connectivity index (χ1v) is 27.2. The Labute approximate surface area is 472 Å². The number of aliphatic carboxylic acids is 5. The number of hydrogen-bond acceptors (Lipinski definition) is 18. The number of aldehydes is 1. The average molecular weight is 1140 g/mol. The van der Waals surface area contributed by atoms with Crippen LogP contribution in [0, 0.1) is 21.7 Å². The smallest absolute Gasteiger partial charge is 0.320 e. The third-order valence-corrected chi connectivity index (χ3v) is 17.5. The molecule has 13 atom stereocenters. The molecule has 82 heavy (non-hydrogen) atoms. The van der Waals surface area contributed by atoms with Crippen molar-refractivity contribution in [2.45, 2.75) is 113 Å². The number of nitrogens with zero attached hydrogens (tertiary/aromatic N) is 8. The summed E-state index contributed by atoms with van der Waals surface area (Å²) in [5.41, 5.74) is -7.64. The van der Waals surface area contributed by atoms with Crippen LogP contribution in [0.5, 0.6) is 5.88 Å². The van der Waals surface area contributed by atoms with E-state index in [2.05, 4.69) is 37.2 Å². The standard InChI is InChI=1S/C57H70N10O15/c1-5-24-58-34(6-2)46-56(52(78)79)31-67(30-55(33-68,49(56)75)44(65(46)4)37-17-9-12-25-59-37)40(48(73)74)21-23-42(70)63-36-16-8-7-15-35(36)62-41(69)22-20-39(47(71)72)66-29-54(51(76)77)28-64(3)45(38-18-10-13-26-60-38)57(32-66,53(80)81)50(54)82-43-19-11-14-27-61-43/h5-6,9-14,17-19,24-27,33,35-36,39-40,44-46,49-50,75H,1,7-8,15-16,20-23,28-32H2,2-4H3,(H,62,69)(H,63,70)(H,71,72)(H,73,74)(H,76,77)(H,78,79)(H,80,81)/b34-6-,58-24?/t35?,36?,39-,40-,44-,45+,46+,49-,50-,54?,55?,56?,57?/m0/s1. The Hall–Kier alpha value is -7.84. The number of carbonyl (C=O) groups is 8. The Bertz CT molecular complexity index is 2960. The number of fused-ring (bicyclic) bond motifs is 4. The van der Waals surface area contributed by atoms with Crippen LogP contribution < -0.4 is 15.4 Å². The van der Waals surface area contributed by atoms with Gasteiger partial charge in [0.1, 0.15) is 40.7 Å². The van der Waals surface area contributed by atoms with Crippen molar-refractivity contribution >= 4 is 54.2 Å². The number of carboxylic acid groups (broad SMARTS) is 5. The molecule has 438 valence electrons. The zero-order chi connectivity index (χ0) is 59.3.